The van der Waals surface area contributed by atoms with Gasteiger partial charge in [-0.3, -0.25) is 4.79 Å². The maximum absolute atomic E-state index is 11.8. The number of rotatable bonds is 6. The molecule has 1 aromatic rings. The molecule has 0 aliphatic heterocycles. The van der Waals surface area contributed by atoms with Crippen LogP contribution in [0.1, 0.15) is 28.6 Å². The summed E-state index contributed by atoms with van der Waals surface area (Å²) in [5.74, 6) is -1.53. The lowest BCUT2D eigenvalue weighted by molar-refractivity contribution is -0.139. The maximum Gasteiger partial charge on any atom is 0.326 e. The first-order chi connectivity index (χ1) is 8.10. The largest absolute Gasteiger partial charge is 0.480 e. The summed E-state index contributed by atoms with van der Waals surface area (Å²) in [5, 5.41) is 21.8. The number of carbonyl (C=O) groups is 2. The number of carbonyl (C=O) groups excluding carboxylic acids is 1. The third kappa shape index (κ3) is 3.54. The molecule has 94 valence electrons. The Morgan fingerprint density at radius 3 is 2.76 bits per heavy atom. The van der Waals surface area contributed by atoms with Crippen LogP contribution in [0.3, 0.4) is 0 Å². The van der Waals surface area contributed by atoms with Gasteiger partial charge in [0, 0.05) is 13.0 Å². The molecule has 1 rings (SSSR count). The van der Waals surface area contributed by atoms with Gasteiger partial charge in [-0.25, -0.2) is 4.79 Å². The summed E-state index contributed by atoms with van der Waals surface area (Å²) in [6.45, 7) is 1.66. The van der Waals surface area contributed by atoms with Gasteiger partial charge in [-0.1, -0.05) is 6.92 Å². The monoisotopic (exact) mass is 257 g/mol. The first-order valence-electron chi connectivity index (χ1n) is 5.31. The Morgan fingerprint density at radius 1 is 1.53 bits per heavy atom. The standard InChI is InChI=1S/C11H15NO4S/c1-2-7-4-6-17-9(7)10(14)12-8(3-5-13)11(15)16/h4,6,8,13H,2-3,5H2,1H3,(H,12,14)(H,15,16)/t8-/m0/s1. The molecule has 3 N–H and O–H groups in total. The molecule has 1 atom stereocenters. The predicted octanol–water partition coefficient (Wildman–Crippen LogP) is 0.876. The molecule has 0 aliphatic rings. The number of thiophene rings is 1. The van der Waals surface area contributed by atoms with Crippen LogP contribution in [-0.4, -0.2) is 34.7 Å². The predicted molar refractivity (Wildman–Crippen MR) is 64.3 cm³/mol. The number of aliphatic hydroxyl groups is 1. The molecule has 5 nitrogen and oxygen atoms in total. The van der Waals surface area contributed by atoms with E-state index in [1.807, 2.05) is 13.0 Å². The summed E-state index contributed by atoms with van der Waals surface area (Å²) < 4.78 is 0. The second kappa shape index (κ2) is 6.36. The SMILES string of the molecule is CCc1ccsc1C(=O)N[C@@H](CCO)C(=O)O. The van der Waals surface area contributed by atoms with Crippen LogP contribution in [0.4, 0.5) is 0 Å². The fourth-order valence-electron chi connectivity index (χ4n) is 1.42. The fraction of sp³-hybridized carbons (Fsp3) is 0.455. The van der Waals surface area contributed by atoms with Crippen LogP contribution >= 0.6 is 11.3 Å². The number of hydrogen-bond donors (Lipinski definition) is 3. The van der Waals surface area contributed by atoms with E-state index in [0.29, 0.717) is 4.88 Å². The van der Waals surface area contributed by atoms with Crippen molar-refractivity contribution in [2.24, 2.45) is 0 Å². The lowest BCUT2D eigenvalue weighted by Gasteiger charge is -2.12. The Kier molecular flexibility index (Phi) is 5.11. The summed E-state index contributed by atoms with van der Waals surface area (Å²) in [6.07, 6.45) is 0.734. The van der Waals surface area contributed by atoms with Gasteiger partial charge in [0.25, 0.3) is 5.91 Å². The molecule has 0 aromatic carbocycles. The second-order valence-electron chi connectivity index (χ2n) is 3.51. The van der Waals surface area contributed by atoms with E-state index >= 15 is 0 Å². The summed E-state index contributed by atoms with van der Waals surface area (Å²) in [6, 6.07) is 0.806. The van der Waals surface area contributed by atoms with Crippen molar-refractivity contribution in [2.75, 3.05) is 6.61 Å². The molecule has 0 aliphatic carbocycles. The average Bonchev–Trinajstić information content (AvgIpc) is 2.76. The molecule has 0 bridgehead atoms. The van der Waals surface area contributed by atoms with E-state index in [4.69, 9.17) is 10.2 Å². The number of carboxylic acids is 1. The first-order valence-corrected chi connectivity index (χ1v) is 6.19. The third-order valence-corrected chi connectivity index (χ3v) is 3.31. The van der Waals surface area contributed by atoms with Crippen molar-refractivity contribution in [1.29, 1.82) is 0 Å². The van der Waals surface area contributed by atoms with Crippen LogP contribution in [0.5, 0.6) is 0 Å². The van der Waals surface area contributed by atoms with Gasteiger partial charge in [-0.2, -0.15) is 0 Å². The molecule has 6 heteroatoms. The van der Waals surface area contributed by atoms with Crippen LogP contribution in [0.15, 0.2) is 11.4 Å². The zero-order valence-electron chi connectivity index (χ0n) is 9.47. The number of amides is 1. The fourth-order valence-corrected chi connectivity index (χ4v) is 2.32. The van der Waals surface area contributed by atoms with Crippen molar-refractivity contribution in [3.8, 4) is 0 Å². The number of hydrogen-bond acceptors (Lipinski definition) is 4. The number of aliphatic carboxylic acids is 1. The van der Waals surface area contributed by atoms with E-state index in [1.165, 1.54) is 11.3 Å². The normalized spacial score (nSPS) is 12.1. The minimum absolute atomic E-state index is 0.00784. The van der Waals surface area contributed by atoms with Gasteiger partial charge in [-0.15, -0.1) is 11.3 Å². The van der Waals surface area contributed by atoms with Crippen molar-refractivity contribution < 1.29 is 19.8 Å². The third-order valence-electron chi connectivity index (χ3n) is 2.36. The first kappa shape index (κ1) is 13.7. The molecule has 0 fully saturated rings. The van der Waals surface area contributed by atoms with Gasteiger partial charge in [0.1, 0.15) is 6.04 Å². The van der Waals surface area contributed by atoms with Crippen molar-refractivity contribution in [3.63, 3.8) is 0 Å². The van der Waals surface area contributed by atoms with Gasteiger partial charge in [0.2, 0.25) is 0 Å². The summed E-state index contributed by atoms with van der Waals surface area (Å²) >= 11 is 1.29. The smallest absolute Gasteiger partial charge is 0.326 e. The van der Waals surface area contributed by atoms with Crippen LogP contribution in [0, 0.1) is 0 Å². The lowest BCUT2D eigenvalue weighted by Crippen LogP contribution is -2.41. The molecule has 17 heavy (non-hydrogen) atoms. The van der Waals surface area contributed by atoms with E-state index in [-0.39, 0.29) is 13.0 Å². The van der Waals surface area contributed by atoms with Crippen molar-refractivity contribution in [3.05, 3.63) is 21.9 Å². The Bertz CT molecular complexity index is 402. The molecule has 1 aromatic heterocycles. The highest BCUT2D eigenvalue weighted by atomic mass is 32.1. The van der Waals surface area contributed by atoms with Crippen LogP contribution < -0.4 is 5.32 Å². The van der Waals surface area contributed by atoms with Gasteiger partial charge < -0.3 is 15.5 Å². The minimum Gasteiger partial charge on any atom is -0.480 e. The molecule has 1 amide bonds. The Labute approximate surface area is 103 Å². The molecule has 0 saturated carbocycles. The van der Waals surface area contributed by atoms with Gasteiger partial charge in [0.15, 0.2) is 0 Å². The molecule has 0 spiro atoms. The zero-order valence-corrected chi connectivity index (χ0v) is 10.3. The Balaban J connectivity index is 2.73. The van der Waals surface area contributed by atoms with E-state index in [9.17, 15) is 9.59 Å². The quantitative estimate of drug-likeness (QED) is 0.706. The van der Waals surface area contributed by atoms with E-state index in [1.54, 1.807) is 5.38 Å². The highest BCUT2D eigenvalue weighted by molar-refractivity contribution is 7.12. The number of aryl methyl sites for hydroxylation is 1. The Hall–Kier alpha value is -1.40. The zero-order chi connectivity index (χ0) is 12.8. The molecular weight excluding hydrogens is 242 g/mol. The molecule has 0 radical (unpaired) electrons. The van der Waals surface area contributed by atoms with Gasteiger partial charge in [-0.05, 0) is 23.4 Å². The van der Waals surface area contributed by atoms with Gasteiger partial charge >= 0.3 is 5.97 Å². The van der Waals surface area contributed by atoms with Crippen LogP contribution in [0.25, 0.3) is 0 Å². The summed E-state index contributed by atoms with van der Waals surface area (Å²) in [5.41, 5.74) is 0.903. The highest BCUT2D eigenvalue weighted by Gasteiger charge is 2.21. The number of carboxylic acid groups (broad SMARTS) is 1. The number of aliphatic hydroxyl groups excluding tert-OH is 1. The van der Waals surface area contributed by atoms with E-state index in [2.05, 4.69) is 5.32 Å². The van der Waals surface area contributed by atoms with E-state index in [0.717, 1.165) is 12.0 Å². The molecule has 1 heterocycles. The Morgan fingerprint density at radius 2 is 2.24 bits per heavy atom. The van der Waals surface area contributed by atoms with Gasteiger partial charge in [0.05, 0.1) is 4.88 Å². The van der Waals surface area contributed by atoms with Crippen LogP contribution in [-0.2, 0) is 11.2 Å². The molecule has 0 unspecified atom stereocenters. The van der Waals surface area contributed by atoms with Crippen molar-refractivity contribution >= 4 is 23.2 Å². The molecular formula is C11H15NO4S. The highest BCUT2D eigenvalue weighted by Crippen LogP contribution is 2.17. The lowest BCUT2D eigenvalue weighted by atomic mass is 10.1. The number of nitrogens with one attached hydrogen (secondary N) is 1. The van der Waals surface area contributed by atoms with Crippen molar-refractivity contribution in [2.45, 2.75) is 25.8 Å². The van der Waals surface area contributed by atoms with E-state index < -0.39 is 17.9 Å². The summed E-state index contributed by atoms with van der Waals surface area (Å²) in [7, 11) is 0. The summed E-state index contributed by atoms with van der Waals surface area (Å²) in [4.78, 5) is 23.2. The topological polar surface area (TPSA) is 86.6 Å². The molecule has 0 saturated heterocycles. The maximum atomic E-state index is 11.8. The second-order valence-corrected chi connectivity index (χ2v) is 4.42. The van der Waals surface area contributed by atoms with Crippen molar-refractivity contribution in [1.82, 2.24) is 5.32 Å². The van der Waals surface area contributed by atoms with Crippen LogP contribution in [0.2, 0.25) is 0 Å². The average molecular weight is 257 g/mol. The minimum atomic E-state index is -1.14.